The molecule has 2 heteroatoms. The summed E-state index contributed by atoms with van der Waals surface area (Å²) in [6.45, 7) is 2.29. The van der Waals surface area contributed by atoms with Crippen molar-refractivity contribution < 1.29 is 4.74 Å². The van der Waals surface area contributed by atoms with Crippen LogP contribution in [0.1, 0.15) is 96.0 Å². The van der Waals surface area contributed by atoms with E-state index in [1.807, 2.05) is 24.3 Å². The summed E-state index contributed by atoms with van der Waals surface area (Å²) < 4.78 is 7.18. The lowest BCUT2D eigenvalue weighted by molar-refractivity contribution is 0.473. The van der Waals surface area contributed by atoms with Crippen LogP contribution in [-0.4, -0.2) is 0 Å². The highest BCUT2D eigenvalue weighted by Gasteiger charge is 2.04. The van der Waals surface area contributed by atoms with Crippen molar-refractivity contribution in [1.29, 1.82) is 0 Å². The SMILES string of the molecule is CCCCCCCCCCCCCCCc1ccccc1Oc1ccc(Br)cc1. The highest BCUT2D eigenvalue weighted by molar-refractivity contribution is 9.10. The highest BCUT2D eigenvalue weighted by Crippen LogP contribution is 2.27. The molecule has 0 radical (unpaired) electrons. The summed E-state index contributed by atoms with van der Waals surface area (Å²) >= 11 is 3.47. The van der Waals surface area contributed by atoms with E-state index in [0.29, 0.717) is 0 Å². The van der Waals surface area contributed by atoms with E-state index in [-0.39, 0.29) is 0 Å². The van der Waals surface area contributed by atoms with Crippen LogP contribution >= 0.6 is 15.9 Å². The maximum atomic E-state index is 6.11. The molecule has 2 aromatic carbocycles. The first kappa shape index (κ1) is 24.0. The number of para-hydroxylation sites is 1. The van der Waals surface area contributed by atoms with Gasteiger partial charge in [0.1, 0.15) is 11.5 Å². The van der Waals surface area contributed by atoms with Gasteiger partial charge >= 0.3 is 0 Å². The number of unbranched alkanes of at least 4 members (excludes halogenated alkanes) is 12. The molecule has 0 aliphatic rings. The molecule has 0 unspecified atom stereocenters. The number of rotatable bonds is 16. The highest BCUT2D eigenvalue weighted by atomic mass is 79.9. The van der Waals surface area contributed by atoms with E-state index in [1.165, 1.54) is 89.0 Å². The van der Waals surface area contributed by atoms with Gasteiger partial charge in [-0.2, -0.15) is 0 Å². The van der Waals surface area contributed by atoms with Crippen molar-refractivity contribution in [3.05, 3.63) is 58.6 Å². The van der Waals surface area contributed by atoms with E-state index >= 15 is 0 Å². The molecule has 0 N–H and O–H groups in total. The fourth-order valence-corrected chi connectivity index (χ4v) is 4.04. The van der Waals surface area contributed by atoms with Gasteiger partial charge in [0.25, 0.3) is 0 Å². The van der Waals surface area contributed by atoms with Gasteiger partial charge in [0.2, 0.25) is 0 Å². The first-order valence-electron chi connectivity index (χ1n) is 11.8. The minimum Gasteiger partial charge on any atom is -0.457 e. The summed E-state index contributed by atoms with van der Waals surface area (Å²) in [5, 5.41) is 0. The molecule has 0 saturated carbocycles. The van der Waals surface area contributed by atoms with E-state index in [4.69, 9.17) is 4.74 Å². The predicted molar refractivity (Wildman–Crippen MR) is 130 cm³/mol. The van der Waals surface area contributed by atoms with Gasteiger partial charge < -0.3 is 4.74 Å². The van der Waals surface area contributed by atoms with Crippen LogP contribution in [0.25, 0.3) is 0 Å². The Morgan fingerprint density at radius 2 is 1.14 bits per heavy atom. The third kappa shape index (κ3) is 10.9. The fraction of sp³-hybridized carbons (Fsp3) is 0.556. The number of hydrogen-bond donors (Lipinski definition) is 0. The van der Waals surface area contributed by atoms with Crippen LogP contribution in [0.15, 0.2) is 53.0 Å². The average molecular weight is 460 g/mol. The molecule has 0 heterocycles. The summed E-state index contributed by atoms with van der Waals surface area (Å²) in [7, 11) is 0. The first-order valence-corrected chi connectivity index (χ1v) is 12.6. The van der Waals surface area contributed by atoms with Gasteiger partial charge in [0.15, 0.2) is 0 Å². The Bertz CT molecular complexity index is 650. The van der Waals surface area contributed by atoms with Gasteiger partial charge in [-0.1, -0.05) is 118 Å². The topological polar surface area (TPSA) is 9.23 Å². The van der Waals surface area contributed by atoms with Crippen LogP contribution in [0.5, 0.6) is 11.5 Å². The van der Waals surface area contributed by atoms with E-state index in [2.05, 4.69) is 47.1 Å². The molecule has 0 aliphatic heterocycles. The molecular formula is C27H39BrO. The molecule has 0 aliphatic carbocycles. The van der Waals surface area contributed by atoms with Gasteiger partial charge in [-0.15, -0.1) is 0 Å². The normalized spacial score (nSPS) is 11.0. The molecular weight excluding hydrogens is 420 g/mol. The summed E-state index contributed by atoms with van der Waals surface area (Å²) in [6.07, 6.45) is 19.3. The van der Waals surface area contributed by atoms with Crippen LogP contribution in [0.3, 0.4) is 0 Å². The monoisotopic (exact) mass is 458 g/mol. The van der Waals surface area contributed by atoms with Crippen molar-refractivity contribution in [3.63, 3.8) is 0 Å². The van der Waals surface area contributed by atoms with Crippen molar-refractivity contribution in [2.45, 2.75) is 96.8 Å². The average Bonchev–Trinajstić information content (AvgIpc) is 2.74. The minimum atomic E-state index is 0.894. The van der Waals surface area contributed by atoms with Crippen LogP contribution in [0, 0.1) is 0 Å². The molecule has 160 valence electrons. The van der Waals surface area contributed by atoms with Crippen LogP contribution in [-0.2, 0) is 6.42 Å². The number of aryl methyl sites for hydroxylation is 1. The lowest BCUT2D eigenvalue weighted by Gasteiger charge is -2.11. The van der Waals surface area contributed by atoms with Gasteiger partial charge in [-0.25, -0.2) is 0 Å². The van der Waals surface area contributed by atoms with Crippen molar-refractivity contribution in [3.8, 4) is 11.5 Å². The summed E-state index contributed by atoms with van der Waals surface area (Å²) in [5.74, 6) is 1.89. The summed E-state index contributed by atoms with van der Waals surface area (Å²) in [6, 6.07) is 16.5. The lowest BCUT2D eigenvalue weighted by atomic mass is 10.0. The predicted octanol–water partition coefficient (Wildman–Crippen LogP) is 9.88. The number of halogens is 1. The maximum Gasteiger partial charge on any atom is 0.130 e. The molecule has 0 amide bonds. The Morgan fingerprint density at radius 1 is 0.621 bits per heavy atom. The van der Waals surface area contributed by atoms with Crippen molar-refractivity contribution in [1.82, 2.24) is 0 Å². The Balaban J connectivity index is 1.54. The zero-order valence-electron chi connectivity index (χ0n) is 18.3. The second-order valence-electron chi connectivity index (χ2n) is 8.16. The molecule has 0 fully saturated rings. The molecule has 2 rings (SSSR count). The standard InChI is InChI=1S/C27H39BrO/c1-2-3-4-5-6-7-8-9-10-11-12-13-14-17-24-18-15-16-19-27(24)29-26-22-20-25(28)21-23-26/h15-16,18-23H,2-14,17H2,1H3. The van der Waals surface area contributed by atoms with Crippen molar-refractivity contribution in [2.75, 3.05) is 0 Å². The zero-order chi connectivity index (χ0) is 20.6. The quantitative estimate of drug-likeness (QED) is 0.227. The molecule has 1 nitrogen and oxygen atoms in total. The van der Waals surface area contributed by atoms with Gasteiger partial charge in [0.05, 0.1) is 0 Å². The van der Waals surface area contributed by atoms with Gasteiger partial charge in [-0.05, 0) is 48.7 Å². The maximum absolute atomic E-state index is 6.11. The third-order valence-corrected chi connectivity index (χ3v) is 6.09. The Hall–Kier alpha value is -1.28. The van der Waals surface area contributed by atoms with E-state index in [9.17, 15) is 0 Å². The molecule has 0 aromatic heterocycles. The number of hydrogen-bond acceptors (Lipinski definition) is 1. The van der Waals surface area contributed by atoms with Gasteiger partial charge in [-0.3, -0.25) is 0 Å². The van der Waals surface area contributed by atoms with Crippen LogP contribution < -0.4 is 4.74 Å². The largest absolute Gasteiger partial charge is 0.457 e. The first-order chi connectivity index (χ1) is 14.3. The molecule has 0 spiro atoms. The van der Waals surface area contributed by atoms with E-state index in [1.54, 1.807) is 0 Å². The molecule has 0 saturated heterocycles. The van der Waals surface area contributed by atoms with Crippen LogP contribution in [0.4, 0.5) is 0 Å². The zero-order valence-corrected chi connectivity index (χ0v) is 19.9. The molecule has 2 aromatic rings. The smallest absolute Gasteiger partial charge is 0.130 e. The van der Waals surface area contributed by atoms with Crippen molar-refractivity contribution >= 4 is 15.9 Å². The molecule has 0 atom stereocenters. The number of benzene rings is 2. The Kier molecular flexibility index (Phi) is 12.9. The van der Waals surface area contributed by atoms with E-state index < -0.39 is 0 Å². The third-order valence-electron chi connectivity index (χ3n) is 5.56. The van der Waals surface area contributed by atoms with E-state index in [0.717, 1.165) is 22.4 Å². The summed E-state index contributed by atoms with van der Waals surface area (Å²) in [5.41, 5.74) is 1.32. The fourth-order valence-electron chi connectivity index (χ4n) is 3.77. The molecule has 0 bridgehead atoms. The lowest BCUT2D eigenvalue weighted by Crippen LogP contribution is -1.92. The second kappa shape index (κ2) is 15.5. The Morgan fingerprint density at radius 3 is 1.72 bits per heavy atom. The van der Waals surface area contributed by atoms with Crippen LogP contribution in [0.2, 0.25) is 0 Å². The van der Waals surface area contributed by atoms with Gasteiger partial charge in [0, 0.05) is 4.47 Å². The minimum absolute atomic E-state index is 0.894. The Labute approximate surface area is 187 Å². The molecule has 29 heavy (non-hydrogen) atoms. The van der Waals surface area contributed by atoms with Crippen molar-refractivity contribution in [2.24, 2.45) is 0 Å². The second-order valence-corrected chi connectivity index (χ2v) is 9.07. The summed E-state index contributed by atoms with van der Waals surface area (Å²) in [4.78, 5) is 0. The number of ether oxygens (including phenoxy) is 1.